The van der Waals surface area contributed by atoms with Gasteiger partial charge in [0.2, 0.25) is 0 Å². The van der Waals surface area contributed by atoms with E-state index in [1.54, 1.807) is 13.0 Å². The maximum atomic E-state index is 9.18. The molecule has 0 saturated heterocycles. The molecule has 1 aromatic carbocycles. The summed E-state index contributed by atoms with van der Waals surface area (Å²) in [6.45, 7) is 7.01. The van der Waals surface area contributed by atoms with E-state index in [-0.39, 0.29) is 0 Å². The van der Waals surface area contributed by atoms with E-state index in [0.717, 1.165) is 6.42 Å². The molecule has 0 aliphatic heterocycles. The average molecular weight is 224 g/mol. The van der Waals surface area contributed by atoms with Crippen molar-refractivity contribution in [1.82, 2.24) is 0 Å². The van der Waals surface area contributed by atoms with Gasteiger partial charge < -0.3 is 9.84 Å². The Hall–Kier alpha value is -1.51. The average Bonchev–Trinajstić information content (AvgIpc) is 2.18. The Kier molecular flexibility index (Phi) is 7.94. The van der Waals surface area contributed by atoms with Crippen LogP contribution in [-0.4, -0.2) is 18.2 Å². The molecular formula is C13H20O3. The zero-order chi connectivity index (χ0) is 12.4. The van der Waals surface area contributed by atoms with Crippen molar-refractivity contribution in [3.05, 3.63) is 29.8 Å². The minimum Gasteiger partial charge on any atom is -0.508 e. The number of phenols is 1. The standard InChI is InChI=1S/C10H14O.C3H6O2/c1-8(2)6-9-4-3-5-10(11)7-9;1-2-5-3-4/h3-5,7-8,11H,6H2,1-2H3;3H,2H2,1H3. The largest absolute Gasteiger partial charge is 0.508 e. The van der Waals surface area contributed by atoms with Gasteiger partial charge in [-0.3, -0.25) is 4.79 Å². The van der Waals surface area contributed by atoms with Gasteiger partial charge in [0.1, 0.15) is 5.75 Å². The summed E-state index contributed by atoms with van der Waals surface area (Å²) in [6, 6.07) is 7.44. The number of carbonyl (C=O) groups is 1. The molecule has 3 heteroatoms. The third-order valence-electron chi connectivity index (χ3n) is 1.79. The van der Waals surface area contributed by atoms with E-state index in [0.29, 0.717) is 24.7 Å². The van der Waals surface area contributed by atoms with Crippen molar-refractivity contribution >= 4 is 6.47 Å². The lowest BCUT2D eigenvalue weighted by Crippen LogP contribution is -1.92. The molecular weight excluding hydrogens is 204 g/mol. The van der Waals surface area contributed by atoms with Crippen molar-refractivity contribution in [3.63, 3.8) is 0 Å². The van der Waals surface area contributed by atoms with Crippen molar-refractivity contribution in [2.24, 2.45) is 5.92 Å². The molecule has 0 saturated carbocycles. The lowest BCUT2D eigenvalue weighted by Gasteiger charge is -2.04. The van der Waals surface area contributed by atoms with Gasteiger partial charge in [0, 0.05) is 0 Å². The molecule has 0 aliphatic rings. The predicted octanol–water partition coefficient (Wildman–Crippen LogP) is 2.77. The maximum absolute atomic E-state index is 9.18. The minimum atomic E-state index is 0.364. The number of hydrogen-bond acceptors (Lipinski definition) is 3. The first-order chi connectivity index (χ1) is 7.60. The second-order valence-electron chi connectivity index (χ2n) is 3.82. The predicted molar refractivity (Wildman–Crippen MR) is 64.3 cm³/mol. The van der Waals surface area contributed by atoms with Gasteiger partial charge in [0.15, 0.2) is 0 Å². The van der Waals surface area contributed by atoms with Crippen LogP contribution in [-0.2, 0) is 16.0 Å². The molecule has 0 heterocycles. The maximum Gasteiger partial charge on any atom is 0.293 e. The van der Waals surface area contributed by atoms with Gasteiger partial charge in [-0.05, 0) is 37.0 Å². The van der Waals surface area contributed by atoms with Gasteiger partial charge in [0.25, 0.3) is 6.47 Å². The number of phenolic OH excluding ortho intramolecular Hbond substituents is 1. The molecule has 90 valence electrons. The van der Waals surface area contributed by atoms with Gasteiger partial charge in [0.05, 0.1) is 6.61 Å². The first-order valence-corrected chi connectivity index (χ1v) is 5.43. The zero-order valence-corrected chi connectivity index (χ0v) is 10.1. The number of rotatable bonds is 4. The van der Waals surface area contributed by atoms with Gasteiger partial charge >= 0.3 is 0 Å². The quantitative estimate of drug-likeness (QED) is 0.800. The SMILES string of the molecule is CC(C)Cc1cccc(O)c1.CCOC=O. The smallest absolute Gasteiger partial charge is 0.293 e. The van der Waals surface area contributed by atoms with Crippen molar-refractivity contribution < 1.29 is 14.6 Å². The molecule has 0 fully saturated rings. The zero-order valence-electron chi connectivity index (χ0n) is 10.1. The lowest BCUT2D eigenvalue weighted by atomic mass is 10.0. The van der Waals surface area contributed by atoms with Crippen LogP contribution >= 0.6 is 0 Å². The summed E-state index contributed by atoms with van der Waals surface area (Å²) in [6.07, 6.45) is 1.04. The molecule has 1 rings (SSSR count). The summed E-state index contributed by atoms with van der Waals surface area (Å²) in [5, 5.41) is 9.13. The van der Waals surface area contributed by atoms with E-state index in [1.165, 1.54) is 5.56 Å². The molecule has 1 N–H and O–H groups in total. The van der Waals surface area contributed by atoms with Gasteiger partial charge in [-0.15, -0.1) is 0 Å². The van der Waals surface area contributed by atoms with Gasteiger partial charge in [-0.25, -0.2) is 0 Å². The van der Waals surface area contributed by atoms with Crippen LogP contribution in [0.25, 0.3) is 0 Å². The fourth-order valence-electron chi connectivity index (χ4n) is 1.22. The van der Waals surface area contributed by atoms with Crippen molar-refractivity contribution in [3.8, 4) is 5.75 Å². The highest BCUT2D eigenvalue weighted by Gasteiger charge is 1.97. The van der Waals surface area contributed by atoms with E-state index in [1.807, 2.05) is 18.2 Å². The van der Waals surface area contributed by atoms with E-state index >= 15 is 0 Å². The van der Waals surface area contributed by atoms with Crippen molar-refractivity contribution in [1.29, 1.82) is 0 Å². The van der Waals surface area contributed by atoms with Gasteiger partial charge in [-0.2, -0.15) is 0 Å². The third-order valence-corrected chi connectivity index (χ3v) is 1.79. The first kappa shape index (κ1) is 14.5. The van der Waals surface area contributed by atoms with Crippen LogP contribution in [0.2, 0.25) is 0 Å². The van der Waals surface area contributed by atoms with E-state index in [4.69, 9.17) is 5.11 Å². The number of benzene rings is 1. The summed E-state index contributed by atoms with van der Waals surface area (Å²) in [5.41, 5.74) is 1.21. The Morgan fingerprint density at radius 1 is 1.44 bits per heavy atom. The van der Waals surface area contributed by atoms with Crippen molar-refractivity contribution in [2.75, 3.05) is 6.61 Å². The van der Waals surface area contributed by atoms with Crippen LogP contribution in [0.4, 0.5) is 0 Å². The summed E-state index contributed by atoms with van der Waals surface area (Å²) in [4.78, 5) is 9.18. The lowest BCUT2D eigenvalue weighted by molar-refractivity contribution is -0.128. The minimum absolute atomic E-state index is 0.364. The molecule has 0 atom stereocenters. The van der Waals surface area contributed by atoms with Crippen LogP contribution in [0.5, 0.6) is 5.75 Å². The van der Waals surface area contributed by atoms with Crippen molar-refractivity contribution in [2.45, 2.75) is 27.2 Å². The Morgan fingerprint density at radius 2 is 2.12 bits per heavy atom. The Bertz CT molecular complexity index is 295. The highest BCUT2D eigenvalue weighted by Crippen LogP contribution is 2.13. The Balaban J connectivity index is 0.000000385. The van der Waals surface area contributed by atoms with E-state index in [9.17, 15) is 4.79 Å². The molecule has 0 bridgehead atoms. The third kappa shape index (κ3) is 7.85. The van der Waals surface area contributed by atoms with E-state index in [2.05, 4.69) is 18.6 Å². The number of ether oxygens (including phenoxy) is 1. The molecule has 16 heavy (non-hydrogen) atoms. The summed E-state index contributed by atoms with van der Waals surface area (Å²) in [5.74, 6) is 1.01. The normalized spacial score (nSPS) is 9.25. The highest BCUT2D eigenvalue weighted by molar-refractivity contribution is 5.36. The molecule has 0 aliphatic carbocycles. The second kappa shape index (κ2) is 8.77. The highest BCUT2D eigenvalue weighted by atomic mass is 16.5. The fraction of sp³-hybridized carbons (Fsp3) is 0.462. The second-order valence-corrected chi connectivity index (χ2v) is 3.82. The monoisotopic (exact) mass is 224 g/mol. The Morgan fingerprint density at radius 3 is 2.50 bits per heavy atom. The topological polar surface area (TPSA) is 46.5 Å². The summed E-state index contributed by atoms with van der Waals surface area (Å²) < 4.78 is 4.15. The molecule has 0 radical (unpaired) electrons. The Labute approximate surface area is 97.1 Å². The van der Waals surface area contributed by atoms with Crippen LogP contribution in [0, 0.1) is 5.92 Å². The fourth-order valence-corrected chi connectivity index (χ4v) is 1.22. The van der Waals surface area contributed by atoms with E-state index < -0.39 is 0 Å². The van der Waals surface area contributed by atoms with Crippen LogP contribution in [0.3, 0.4) is 0 Å². The molecule has 1 aromatic rings. The van der Waals surface area contributed by atoms with Crippen LogP contribution in [0.1, 0.15) is 26.3 Å². The van der Waals surface area contributed by atoms with Gasteiger partial charge in [-0.1, -0.05) is 26.0 Å². The number of carbonyl (C=O) groups excluding carboxylic acids is 1. The van der Waals surface area contributed by atoms with Crippen LogP contribution < -0.4 is 0 Å². The first-order valence-electron chi connectivity index (χ1n) is 5.43. The molecule has 3 nitrogen and oxygen atoms in total. The number of hydrogen-bond donors (Lipinski definition) is 1. The summed E-state index contributed by atoms with van der Waals surface area (Å²) >= 11 is 0. The van der Waals surface area contributed by atoms with Crippen LogP contribution in [0.15, 0.2) is 24.3 Å². The number of aromatic hydroxyl groups is 1. The molecule has 0 unspecified atom stereocenters. The summed E-state index contributed by atoms with van der Waals surface area (Å²) in [7, 11) is 0. The molecule has 0 aromatic heterocycles. The molecule has 0 spiro atoms. The molecule has 0 amide bonds.